The smallest absolute Gasteiger partial charge is 0.0232 e. The molecule has 0 unspecified atom stereocenters. The summed E-state index contributed by atoms with van der Waals surface area (Å²) in [6.07, 6.45) is 5.70. The molecule has 0 N–H and O–H groups in total. The van der Waals surface area contributed by atoms with E-state index in [1.807, 2.05) is 12.2 Å². The lowest BCUT2D eigenvalue weighted by atomic mass is 10.3. The van der Waals surface area contributed by atoms with Crippen molar-refractivity contribution in [2.45, 2.75) is 12.8 Å². The lowest BCUT2D eigenvalue weighted by molar-refractivity contribution is 0.992. The summed E-state index contributed by atoms with van der Waals surface area (Å²) in [5.41, 5.74) is 0. The highest BCUT2D eigenvalue weighted by Gasteiger charge is 1.75. The molecule has 56 valence electrons. The van der Waals surface area contributed by atoms with Gasteiger partial charge in [-0.3, -0.25) is 0 Å². The highest BCUT2D eigenvalue weighted by atomic mass is 79.9. The van der Waals surface area contributed by atoms with Crippen LogP contribution in [0, 0.1) is 11.8 Å². The number of hydrogen-bond donors (Lipinski definition) is 0. The average molecular weight is 222 g/mol. The van der Waals surface area contributed by atoms with E-state index in [2.05, 4.69) is 27.8 Å². The van der Waals surface area contributed by atoms with Crippen LogP contribution in [0.5, 0.6) is 0 Å². The molecule has 0 saturated heterocycles. The summed E-state index contributed by atoms with van der Waals surface area (Å²) in [5, 5.41) is 0.872. The summed E-state index contributed by atoms with van der Waals surface area (Å²) in [7, 11) is 0. The second kappa shape index (κ2) is 9.07. The van der Waals surface area contributed by atoms with Gasteiger partial charge < -0.3 is 0 Å². The van der Waals surface area contributed by atoms with Gasteiger partial charge in [0.15, 0.2) is 0 Å². The summed E-state index contributed by atoms with van der Waals surface area (Å²) in [6, 6.07) is 0. The Morgan fingerprint density at radius 2 is 2.30 bits per heavy atom. The molecule has 0 aromatic heterocycles. The van der Waals surface area contributed by atoms with E-state index in [1.165, 1.54) is 0 Å². The first-order valence-electron chi connectivity index (χ1n) is 3.17. The van der Waals surface area contributed by atoms with Crippen molar-refractivity contribution >= 4 is 27.5 Å². The molecule has 0 nitrogen and oxygen atoms in total. The Hall–Kier alpha value is 0.0700. The number of unbranched alkanes of at least 4 members (excludes halogenated alkanes) is 1. The summed E-state index contributed by atoms with van der Waals surface area (Å²) >= 11 is 8.70. The first-order chi connectivity index (χ1) is 4.91. The van der Waals surface area contributed by atoms with Gasteiger partial charge in [0.1, 0.15) is 0 Å². The van der Waals surface area contributed by atoms with E-state index in [0.717, 1.165) is 18.2 Å². The monoisotopic (exact) mass is 220 g/mol. The lowest BCUT2D eigenvalue weighted by Crippen LogP contribution is -1.70. The molecular weight excluding hydrogens is 211 g/mol. The molecule has 0 aliphatic heterocycles. The molecule has 0 heterocycles. The molecule has 0 aromatic rings. The van der Waals surface area contributed by atoms with E-state index in [-0.39, 0.29) is 0 Å². The van der Waals surface area contributed by atoms with Crippen molar-refractivity contribution in [1.29, 1.82) is 0 Å². The van der Waals surface area contributed by atoms with Crippen LogP contribution in [0.25, 0.3) is 0 Å². The van der Waals surface area contributed by atoms with E-state index in [4.69, 9.17) is 11.6 Å². The third kappa shape index (κ3) is 8.07. The van der Waals surface area contributed by atoms with Crippen LogP contribution in [0.1, 0.15) is 12.8 Å². The molecule has 0 rings (SSSR count). The average Bonchev–Trinajstić information content (AvgIpc) is 1.97. The molecule has 0 radical (unpaired) electrons. The second-order valence-electron chi connectivity index (χ2n) is 1.67. The number of alkyl halides is 2. The van der Waals surface area contributed by atoms with E-state index >= 15 is 0 Å². The zero-order valence-corrected chi connectivity index (χ0v) is 8.08. The Balaban J connectivity index is 3.22. The minimum absolute atomic E-state index is 0.705. The van der Waals surface area contributed by atoms with Crippen molar-refractivity contribution in [3.05, 3.63) is 12.2 Å². The Bertz CT molecular complexity index is 141. The first kappa shape index (κ1) is 10.1. The molecule has 10 heavy (non-hydrogen) atoms. The number of halogens is 2. The van der Waals surface area contributed by atoms with Crippen molar-refractivity contribution < 1.29 is 0 Å². The van der Waals surface area contributed by atoms with Crippen LogP contribution in [-0.2, 0) is 0 Å². The molecule has 0 saturated carbocycles. The van der Waals surface area contributed by atoms with Crippen LogP contribution in [0.3, 0.4) is 0 Å². The van der Waals surface area contributed by atoms with Crippen LogP contribution in [0.4, 0.5) is 0 Å². The molecule has 0 bridgehead atoms. The van der Waals surface area contributed by atoms with Crippen molar-refractivity contribution in [1.82, 2.24) is 0 Å². The molecule has 2 heteroatoms. The van der Waals surface area contributed by atoms with Gasteiger partial charge in [-0.25, -0.2) is 0 Å². The summed E-state index contributed by atoms with van der Waals surface area (Å²) < 4.78 is 0. The third-order valence-electron chi connectivity index (χ3n) is 0.828. The van der Waals surface area contributed by atoms with Crippen LogP contribution < -0.4 is 0 Å². The maximum absolute atomic E-state index is 5.45. The van der Waals surface area contributed by atoms with Crippen molar-refractivity contribution in [2.24, 2.45) is 0 Å². The van der Waals surface area contributed by atoms with Crippen LogP contribution in [0.2, 0.25) is 0 Å². The van der Waals surface area contributed by atoms with Gasteiger partial charge in [0.25, 0.3) is 0 Å². The SMILES string of the molecule is ClCCCC#CC=CCBr. The van der Waals surface area contributed by atoms with Gasteiger partial charge in [0.05, 0.1) is 0 Å². The Morgan fingerprint density at radius 3 is 2.90 bits per heavy atom. The maximum Gasteiger partial charge on any atom is 0.0232 e. The summed E-state index contributed by atoms with van der Waals surface area (Å²) in [4.78, 5) is 0. The zero-order chi connectivity index (χ0) is 7.66. The lowest BCUT2D eigenvalue weighted by Gasteiger charge is -1.79. The molecule has 0 amide bonds. The van der Waals surface area contributed by atoms with E-state index in [0.29, 0.717) is 5.88 Å². The third-order valence-corrected chi connectivity index (χ3v) is 1.47. The predicted molar refractivity (Wildman–Crippen MR) is 50.7 cm³/mol. The van der Waals surface area contributed by atoms with Gasteiger partial charge in [-0.05, 0) is 12.5 Å². The minimum Gasteiger partial charge on any atom is -0.127 e. The highest BCUT2D eigenvalue weighted by molar-refractivity contribution is 9.09. The quantitative estimate of drug-likeness (QED) is 0.390. The summed E-state index contributed by atoms with van der Waals surface area (Å²) in [6.45, 7) is 0. The Kier molecular flexibility index (Phi) is 9.13. The largest absolute Gasteiger partial charge is 0.127 e. The topological polar surface area (TPSA) is 0 Å². The van der Waals surface area contributed by atoms with E-state index < -0.39 is 0 Å². The fourth-order valence-corrected chi connectivity index (χ4v) is 0.710. The van der Waals surface area contributed by atoms with Gasteiger partial charge in [-0.1, -0.05) is 33.8 Å². The van der Waals surface area contributed by atoms with Crippen LogP contribution >= 0.6 is 27.5 Å². The first-order valence-corrected chi connectivity index (χ1v) is 4.82. The standard InChI is InChI=1S/C8H10BrCl/c9-7-5-3-1-2-4-6-8-10/h3,5H,4,6-8H2. The number of hydrogen-bond acceptors (Lipinski definition) is 0. The molecule has 0 aromatic carbocycles. The molecular formula is C8H10BrCl. The van der Waals surface area contributed by atoms with Crippen LogP contribution in [-0.4, -0.2) is 11.2 Å². The fourth-order valence-electron chi connectivity index (χ4n) is 0.390. The molecule has 0 aliphatic carbocycles. The molecule has 0 spiro atoms. The normalized spacial score (nSPS) is 9.40. The number of allylic oxidation sites excluding steroid dienone is 2. The van der Waals surface area contributed by atoms with Gasteiger partial charge >= 0.3 is 0 Å². The van der Waals surface area contributed by atoms with Crippen molar-refractivity contribution in [3.63, 3.8) is 0 Å². The van der Waals surface area contributed by atoms with Gasteiger partial charge in [0.2, 0.25) is 0 Å². The Labute approximate surface area is 75.8 Å². The van der Waals surface area contributed by atoms with Crippen molar-refractivity contribution in [2.75, 3.05) is 11.2 Å². The van der Waals surface area contributed by atoms with E-state index in [1.54, 1.807) is 0 Å². The maximum atomic E-state index is 5.45. The van der Waals surface area contributed by atoms with Gasteiger partial charge in [-0.15, -0.1) is 11.6 Å². The van der Waals surface area contributed by atoms with Gasteiger partial charge in [0, 0.05) is 17.6 Å². The molecule has 0 aliphatic rings. The highest BCUT2D eigenvalue weighted by Crippen LogP contribution is 1.88. The van der Waals surface area contributed by atoms with Gasteiger partial charge in [-0.2, -0.15) is 0 Å². The Morgan fingerprint density at radius 1 is 1.50 bits per heavy atom. The fraction of sp³-hybridized carbons (Fsp3) is 0.500. The number of rotatable bonds is 3. The summed E-state index contributed by atoms with van der Waals surface area (Å²) in [5.74, 6) is 6.59. The van der Waals surface area contributed by atoms with Crippen LogP contribution in [0.15, 0.2) is 12.2 Å². The van der Waals surface area contributed by atoms with Crippen molar-refractivity contribution in [3.8, 4) is 11.8 Å². The molecule has 0 fully saturated rings. The predicted octanol–water partition coefficient (Wildman–Crippen LogP) is 2.96. The molecule has 0 atom stereocenters. The zero-order valence-electron chi connectivity index (χ0n) is 5.74. The second-order valence-corrected chi connectivity index (χ2v) is 2.70. The van der Waals surface area contributed by atoms with E-state index in [9.17, 15) is 0 Å². The minimum atomic E-state index is 0.705.